The Morgan fingerprint density at radius 3 is 3.00 bits per heavy atom. The molecule has 0 radical (unpaired) electrons. The molecule has 0 N–H and O–H groups in total. The van der Waals surface area contributed by atoms with Crippen molar-refractivity contribution in [2.24, 2.45) is 0 Å². The van der Waals surface area contributed by atoms with E-state index in [1.165, 1.54) is 5.56 Å². The first-order valence-electron chi connectivity index (χ1n) is 11.4. The summed E-state index contributed by atoms with van der Waals surface area (Å²) >= 11 is 3.27. The molecule has 5 heterocycles. The average Bonchev–Trinajstić information content (AvgIpc) is 3.50. The van der Waals surface area contributed by atoms with Gasteiger partial charge in [-0.15, -0.1) is 11.3 Å². The molecule has 0 saturated carbocycles. The Morgan fingerprint density at radius 1 is 1.35 bits per heavy atom. The van der Waals surface area contributed by atoms with Gasteiger partial charge in [-0.05, 0) is 56.6 Å². The van der Waals surface area contributed by atoms with Crippen molar-refractivity contribution in [3.05, 3.63) is 62.3 Å². The van der Waals surface area contributed by atoms with Crippen molar-refractivity contribution in [2.45, 2.75) is 39.3 Å². The van der Waals surface area contributed by atoms with Gasteiger partial charge in [0.2, 0.25) is 4.96 Å². The first-order valence-corrected chi connectivity index (χ1v) is 13.1. The number of aryl methyl sites for hydroxylation is 2. The largest absolute Gasteiger partial charge is 0.482 e. The molecule has 178 valence electrons. The molecule has 1 amide bonds. The van der Waals surface area contributed by atoms with Gasteiger partial charge in [-0.1, -0.05) is 18.3 Å². The molecule has 4 aromatic rings. The summed E-state index contributed by atoms with van der Waals surface area (Å²) in [5, 5.41) is 7.85. The van der Waals surface area contributed by atoms with Crippen LogP contribution in [0.5, 0.6) is 5.75 Å². The number of hydrogen-bond acceptors (Lipinski definition) is 8. The van der Waals surface area contributed by atoms with E-state index in [2.05, 4.69) is 35.4 Å². The molecule has 1 unspecified atom stereocenters. The normalized spacial score (nSPS) is 15.8. The monoisotopic (exact) mass is 496 g/mol. The first kappa shape index (κ1) is 22.9. The van der Waals surface area contributed by atoms with Crippen molar-refractivity contribution in [2.75, 3.05) is 27.2 Å². The molecule has 0 bridgehead atoms. The zero-order chi connectivity index (χ0) is 23.8. The summed E-state index contributed by atoms with van der Waals surface area (Å²) in [6.07, 6.45) is 3.20. The fourth-order valence-electron chi connectivity index (χ4n) is 4.45. The maximum absolute atomic E-state index is 13.5. The van der Waals surface area contributed by atoms with Crippen LogP contribution in [0, 0.1) is 6.92 Å². The number of hydrogen-bond donors (Lipinski definition) is 0. The van der Waals surface area contributed by atoms with E-state index < -0.39 is 0 Å². The van der Waals surface area contributed by atoms with Crippen molar-refractivity contribution >= 4 is 33.5 Å². The molecule has 0 fully saturated rings. The molecule has 5 rings (SSSR count). The van der Waals surface area contributed by atoms with Gasteiger partial charge in [0.05, 0.1) is 17.1 Å². The van der Waals surface area contributed by atoms with Crippen LogP contribution in [0.3, 0.4) is 0 Å². The van der Waals surface area contributed by atoms with Crippen LogP contribution < -0.4 is 4.74 Å². The molecule has 1 atom stereocenters. The number of amides is 1. The topological polar surface area (TPSA) is 75.9 Å². The van der Waals surface area contributed by atoms with E-state index in [4.69, 9.17) is 14.8 Å². The molecule has 0 aliphatic carbocycles. The van der Waals surface area contributed by atoms with Crippen LogP contribution >= 0.6 is 22.7 Å². The minimum absolute atomic E-state index is 0.0293. The van der Waals surface area contributed by atoms with Crippen LogP contribution in [0.15, 0.2) is 29.8 Å². The van der Waals surface area contributed by atoms with Crippen LogP contribution in [-0.2, 0) is 24.2 Å². The van der Waals surface area contributed by atoms with Gasteiger partial charge in [-0.2, -0.15) is 5.10 Å². The molecule has 10 heteroatoms. The third-order valence-electron chi connectivity index (χ3n) is 5.87. The number of aromatic nitrogens is 4. The molecule has 8 nitrogen and oxygen atoms in total. The van der Waals surface area contributed by atoms with Gasteiger partial charge in [0.15, 0.2) is 6.61 Å². The predicted molar refractivity (Wildman–Crippen MR) is 134 cm³/mol. The second-order valence-electron chi connectivity index (χ2n) is 8.68. The Hall–Kier alpha value is -2.82. The average molecular weight is 497 g/mol. The van der Waals surface area contributed by atoms with Gasteiger partial charge in [0.1, 0.15) is 16.8 Å². The number of ether oxygens (including phenoxy) is 1. The number of fused-ring (bicyclic) bond motifs is 3. The minimum atomic E-state index is -0.239. The van der Waals surface area contributed by atoms with Gasteiger partial charge in [-0.3, -0.25) is 9.78 Å². The minimum Gasteiger partial charge on any atom is -0.482 e. The fraction of sp³-hybridized carbons (Fsp3) is 0.417. The number of carbonyl (C=O) groups is 1. The highest BCUT2D eigenvalue weighted by atomic mass is 32.1. The number of imidazole rings is 1. The molecule has 1 aliphatic rings. The highest BCUT2D eigenvalue weighted by Crippen LogP contribution is 2.39. The second kappa shape index (κ2) is 9.44. The van der Waals surface area contributed by atoms with Gasteiger partial charge in [0, 0.05) is 30.6 Å². The zero-order valence-electron chi connectivity index (χ0n) is 19.8. The van der Waals surface area contributed by atoms with E-state index in [9.17, 15) is 4.79 Å². The van der Waals surface area contributed by atoms with Crippen molar-refractivity contribution in [3.63, 3.8) is 0 Å². The highest BCUT2D eigenvalue weighted by molar-refractivity contribution is 7.16. The standard InChI is InChI=1S/C24H28N6O2S2/c1-5-17-19(7-6-9-25-17)32-13-21(31)29-10-8-18-22(30-24(26-18)34-15(2)27-30)23(29)20-11-16(14-33-20)12-28(3)4/h6-7,9,11,14,23H,5,8,10,12-13H2,1-4H3. The van der Waals surface area contributed by atoms with Crippen molar-refractivity contribution in [1.82, 2.24) is 29.4 Å². The lowest BCUT2D eigenvalue weighted by molar-refractivity contribution is -0.135. The molecular formula is C24H28N6O2S2. The zero-order valence-corrected chi connectivity index (χ0v) is 21.4. The number of nitrogens with zero attached hydrogens (tertiary/aromatic N) is 6. The Bertz CT molecular complexity index is 1320. The van der Waals surface area contributed by atoms with E-state index >= 15 is 0 Å². The Balaban J connectivity index is 1.49. The number of pyridine rings is 1. The van der Waals surface area contributed by atoms with Crippen molar-refractivity contribution in [1.29, 1.82) is 0 Å². The Morgan fingerprint density at radius 2 is 2.21 bits per heavy atom. The lowest BCUT2D eigenvalue weighted by Gasteiger charge is -2.34. The molecule has 1 aliphatic heterocycles. The van der Waals surface area contributed by atoms with Crippen LogP contribution in [-0.4, -0.2) is 62.5 Å². The summed E-state index contributed by atoms with van der Waals surface area (Å²) in [7, 11) is 4.12. The lowest BCUT2D eigenvalue weighted by Crippen LogP contribution is -2.43. The summed E-state index contributed by atoms with van der Waals surface area (Å²) in [5.41, 5.74) is 4.11. The first-order chi connectivity index (χ1) is 16.4. The van der Waals surface area contributed by atoms with E-state index in [1.54, 1.807) is 28.9 Å². The van der Waals surface area contributed by atoms with Gasteiger partial charge < -0.3 is 14.5 Å². The van der Waals surface area contributed by atoms with E-state index in [0.717, 1.165) is 44.9 Å². The SMILES string of the molecule is CCc1ncccc1OCC(=O)N1CCc2nc3sc(C)nn3c2C1c1cc(CN(C)C)cs1. The number of rotatable bonds is 7. The third-order valence-corrected chi connectivity index (χ3v) is 7.73. The van der Waals surface area contributed by atoms with Crippen molar-refractivity contribution in [3.8, 4) is 5.75 Å². The summed E-state index contributed by atoms with van der Waals surface area (Å²) in [6, 6.07) is 5.67. The molecule has 34 heavy (non-hydrogen) atoms. The van der Waals surface area contributed by atoms with Gasteiger partial charge in [0.25, 0.3) is 5.91 Å². The van der Waals surface area contributed by atoms with Crippen LogP contribution in [0.4, 0.5) is 0 Å². The van der Waals surface area contributed by atoms with Crippen molar-refractivity contribution < 1.29 is 9.53 Å². The van der Waals surface area contributed by atoms with Gasteiger partial charge >= 0.3 is 0 Å². The summed E-state index contributed by atoms with van der Waals surface area (Å²) < 4.78 is 7.89. The van der Waals surface area contributed by atoms with Crippen LogP contribution in [0.1, 0.15) is 45.5 Å². The summed E-state index contributed by atoms with van der Waals surface area (Å²) in [4.78, 5) is 28.8. The molecule has 0 saturated heterocycles. The maximum atomic E-state index is 13.5. The number of thiophene rings is 1. The van der Waals surface area contributed by atoms with Crippen LogP contribution in [0.2, 0.25) is 0 Å². The Kier molecular flexibility index (Phi) is 6.37. The van der Waals surface area contributed by atoms with Crippen LogP contribution in [0.25, 0.3) is 4.96 Å². The van der Waals surface area contributed by atoms with Gasteiger partial charge in [-0.25, -0.2) is 9.50 Å². The number of carbonyl (C=O) groups excluding carboxylic acids is 1. The van der Waals surface area contributed by atoms with E-state index in [0.29, 0.717) is 18.7 Å². The molecule has 4 aromatic heterocycles. The highest BCUT2D eigenvalue weighted by Gasteiger charge is 2.37. The predicted octanol–water partition coefficient (Wildman–Crippen LogP) is 3.73. The fourth-order valence-corrected chi connectivity index (χ4v) is 6.23. The second-order valence-corrected chi connectivity index (χ2v) is 10.8. The van der Waals surface area contributed by atoms with E-state index in [1.807, 2.05) is 35.4 Å². The molecular weight excluding hydrogens is 468 g/mol. The quantitative estimate of drug-likeness (QED) is 0.388. The maximum Gasteiger partial charge on any atom is 0.261 e. The van der Waals surface area contributed by atoms with E-state index in [-0.39, 0.29) is 18.6 Å². The lowest BCUT2D eigenvalue weighted by atomic mass is 10.0. The Labute approximate surface area is 206 Å². The third kappa shape index (κ3) is 4.33. The summed E-state index contributed by atoms with van der Waals surface area (Å²) in [5.74, 6) is 0.616. The smallest absolute Gasteiger partial charge is 0.261 e. The summed E-state index contributed by atoms with van der Waals surface area (Å²) in [6.45, 7) is 5.43. The molecule has 0 aromatic carbocycles. The molecule has 0 spiro atoms.